The van der Waals surface area contributed by atoms with E-state index >= 15 is 0 Å². The SMILES string of the molecule is CCc1noc(-c2ccc(C)c(NC(=O)N3CCC(C)C(O)C3)c2)n1. The van der Waals surface area contributed by atoms with Gasteiger partial charge in [-0.25, -0.2) is 4.79 Å². The molecule has 1 aliphatic heterocycles. The van der Waals surface area contributed by atoms with Crippen molar-refractivity contribution < 1.29 is 14.4 Å². The van der Waals surface area contributed by atoms with Crippen molar-refractivity contribution in [3.63, 3.8) is 0 Å². The number of hydrogen-bond acceptors (Lipinski definition) is 5. The van der Waals surface area contributed by atoms with E-state index in [9.17, 15) is 9.90 Å². The maximum absolute atomic E-state index is 12.5. The molecule has 1 aliphatic rings. The monoisotopic (exact) mass is 344 g/mol. The Morgan fingerprint density at radius 3 is 2.96 bits per heavy atom. The number of aryl methyl sites for hydroxylation is 2. The van der Waals surface area contributed by atoms with Gasteiger partial charge in [-0.15, -0.1) is 0 Å². The van der Waals surface area contributed by atoms with Crippen LogP contribution >= 0.6 is 0 Å². The highest BCUT2D eigenvalue weighted by Crippen LogP contribution is 2.25. The summed E-state index contributed by atoms with van der Waals surface area (Å²) in [6.45, 7) is 6.89. The first-order valence-electron chi connectivity index (χ1n) is 8.65. The summed E-state index contributed by atoms with van der Waals surface area (Å²) in [6, 6.07) is 5.44. The molecule has 2 heterocycles. The number of carbonyl (C=O) groups excluding carboxylic acids is 1. The number of rotatable bonds is 3. The van der Waals surface area contributed by atoms with Gasteiger partial charge >= 0.3 is 6.03 Å². The molecule has 2 N–H and O–H groups in total. The van der Waals surface area contributed by atoms with Crippen LogP contribution in [0.2, 0.25) is 0 Å². The lowest BCUT2D eigenvalue weighted by atomic mass is 9.96. The van der Waals surface area contributed by atoms with E-state index in [4.69, 9.17) is 4.52 Å². The lowest BCUT2D eigenvalue weighted by Gasteiger charge is -2.34. The molecule has 0 bridgehead atoms. The summed E-state index contributed by atoms with van der Waals surface area (Å²) < 4.78 is 5.27. The van der Waals surface area contributed by atoms with E-state index in [0.29, 0.717) is 36.9 Å². The molecule has 7 heteroatoms. The van der Waals surface area contributed by atoms with Gasteiger partial charge in [0.1, 0.15) is 0 Å². The summed E-state index contributed by atoms with van der Waals surface area (Å²) in [5, 5.41) is 16.8. The van der Waals surface area contributed by atoms with E-state index in [2.05, 4.69) is 15.5 Å². The number of carbonyl (C=O) groups is 1. The Balaban J connectivity index is 1.75. The second-order valence-corrected chi connectivity index (χ2v) is 6.61. The third-order valence-electron chi connectivity index (χ3n) is 4.72. The number of urea groups is 1. The standard InChI is InChI=1S/C18H24N4O3/c1-4-16-20-17(25-21-16)13-6-5-11(2)14(9-13)19-18(24)22-8-7-12(3)15(23)10-22/h5-6,9,12,15,23H,4,7-8,10H2,1-3H3,(H,19,24). The normalized spacial score (nSPS) is 20.6. The van der Waals surface area contributed by atoms with E-state index in [-0.39, 0.29) is 11.9 Å². The molecule has 1 fully saturated rings. The lowest BCUT2D eigenvalue weighted by molar-refractivity contribution is 0.0464. The van der Waals surface area contributed by atoms with Crippen molar-refractivity contribution in [3.8, 4) is 11.5 Å². The molecule has 0 aliphatic carbocycles. The van der Waals surface area contributed by atoms with Crippen LogP contribution in [0.1, 0.15) is 31.7 Å². The first-order valence-corrected chi connectivity index (χ1v) is 8.65. The molecule has 2 unspecified atom stereocenters. The molecule has 2 atom stereocenters. The molecule has 7 nitrogen and oxygen atoms in total. The zero-order valence-electron chi connectivity index (χ0n) is 14.8. The molecule has 0 saturated carbocycles. The highest BCUT2D eigenvalue weighted by atomic mass is 16.5. The van der Waals surface area contributed by atoms with E-state index in [1.807, 2.05) is 39.0 Å². The third-order valence-corrected chi connectivity index (χ3v) is 4.72. The number of amides is 2. The number of aliphatic hydroxyl groups is 1. The zero-order valence-corrected chi connectivity index (χ0v) is 14.8. The van der Waals surface area contributed by atoms with Crippen LogP contribution in [-0.2, 0) is 6.42 Å². The van der Waals surface area contributed by atoms with Crippen molar-refractivity contribution >= 4 is 11.7 Å². The molecule has 2 aromatic rings. The highest BCUT2D eigenvalue weighted by Gasteiger charge is 2.27. The van der Waals surface area contributed by atoms with Gasteiger partial charge in [-0.05, 0) is 37.0 Å². The zero-order chi connectivity index (χ0) is 18.0. The fourth-order valence-corrected chi connectivity index (χ4v) is 2.83. The number of nitrogens with one attached hydrogen (secondary N) is 1. The molecule has 1 saturated heterocycles. The van der Waals surface area contributed by atoms with Crippen molar-refractivity contribution in [3.05, 3.63) is 29.6 Å². The average molecular weight is 344 g/mol. The summed E-state index contributed by atoms with van der Waals surface area (Å²) in [5.41, 5.74) is 2.41. The molecule has 134 valence electrons. The Bertz CT molecular complexity index is 759. The largest absolute Gasteiger partial charge is 0.391 e. The van der Waals surface area contributed by atoms with Crippen LogP contribution < -0.4 is 5.32 Å². The Morgan fingerprint density at radius 2 is 2.28 bits per heavy atom. The van der Waals surface area contributed by atoms with Crippen LogP contribution in [0, 0.1) is 12.8 Å². The Kier molecular flexibility index (Phi) is 5.03. The van der Waals surface area contributed by atoms with Crippen LogP contribution in [0.5, 0.6) is 0 Å². The van der Waals surface area contributed by atoms with E-state index in [1.165, 1.54) is 0 Å². The van der Waals surface area contributed by atoms with Crippen molar-refractivity contribution in [2.75, 3.05) is 18.4 Å². The number of likely N-dealkylation sites (tertiary alicyclic amines) is 1. The number of nitrogens with zero attached hydrogens (tertiary/aromatic N) is 3. The van der Waals surface area contributed by atoms with Gasteiger partial charge in [0.05, 0.1) is 6.10 Å². The number of hydrogen-bond donors (Lipinski definition) is 2. The Hall–Kier alpha value is -2.41. The van der Waals surface area contributed by atoms with Crippen molar-refractivity contribution in [2.24, 2.45) is 5.92 Å². The van der Waals surface area contributed by atoms with Crippen LogP contribution in [0.25, 0.3) is 11.5 Å². The quantitative estimate of drug-likeness (QED) is 0.893. The van der Waals surface area contributed by atoms with Gasteiger partial charge in [0.25, 0.3) is 5.89 Å². The molecule has 1 aromatic carbocycles. The number of aliphatic hydroxyl groups excluding tert-OH is 1. The van der Waals surface area contributed by atoms with Crippen LogP contribution in [0.15, 0.2) is 22.7 Å². The minimum atomic E-state index is -0.474. The second kappa shape index (κ2) is 7.23. The average Bonchev–Trinajstić information content (AvgIpc) is 3.08. The lowest BCUT2D eigenvalue weighted by Crippen LogP contribution is -2.47. The van der Waals surface area contributed by atoms with Crippen LogP contribution in [0.4, 0.5) is 10.5 Å². The van der Waals surface area contributed by atoms with Gasteiger partial charge < -0.3 is 19.8 Å². The number of piperidine rings is 1. The van der Waals surface area contributed by atoms with Crippen LogP contribution in [0.3, 0.4) is 0 Å². The predicted molar refractivity (Wildman–Crippen MR) is 94.2 cm³/mol. The molecule has 25 heavy (non-hydrogen) atoms. The van der Waals surface area contributed by atoms with Crippen molar-refractivity contribution in [2.45, 2.75) is 39.7 Å². The third kappa shape index (κ3) is 3.82. The summed E-state index contributed by atoms with van der Waals surface area (Å²) >= 11 is 0. The van der Waals surface area contributed by atoms with E-state index < -0.39 is 6.10 Å². The molecule has 3 rings (SSSR count). The second-order valence-electron chi connectivity index (χ2n) is 6.61. The number of β-amino-alcohol motifs (C(OH)–C–C–N with tert-alkyl or cyclic N) is 1. The minimum absolute atomic E-state index is 0.203. The minimum Gasteiger partial charge on any atom is -0.391 e. The molecule has 0 spiro atoms. The molecule has 0 radical (unpaired) electrons. The van der Waals surface area contributed by atoms with Crippen molar-refractivity contribution in [1.29, 1.82) is 0 Å². The Morgan fingerprint density at radius 1 is 1.48 bits per heavy atom. The first kappa shape index (κ1) is 17.4. The Labute approximate surface area is 147 Å². The highest BCUT2D eigenvalue weighted by molar-refractivity contribution is 5.91. The van der Waals surface area contributed by atoms with Gasteiger partial charge in [-0.2, -0.15) is 4.98 Å². The van der Waals surface area contributed by atoms with Crippen LogP contribution in [-0.4, -0.2) is 45.4 Å². The van der Waals surface area contributed by atoms with E-state index in [1.54, 1.807) is 4.90 Å². The molecule has 1 aromatic heterocycles. The van der Waals surface area contributed by atoms with Gasteiger partial charge in [-0.1, -0.05) is 25.1 Å². The topological polar surface area (TPSA) is 91.5 Å². The maximum Gasteiger partial charge on any atom is 0.321 e. The number of anilines is 1. The van der Waals surface area contributed by atoms with Gasteiger partial charge in [0.2, 0.25) is 0 Å². The molecular formula is C18H24N4O3. The smallest absolute Gasteiger partial charge is 0.321 e. The summed E-state index contributed by atoms with van der Waals surface area (Å²) in [4.78, 5) is 18.5. The number of aromatic nitrogens is 2. The van der Waals surface area contributed by atoms with E-state index in [0.717, 1.165) is 17.5 Å². The summed E-state index contributed by atoms with van der Waals surface area (Å²) in [6.07, 6.45) is 1.03. The molecular weight excluding hydrogens is 320 g/mol. The predicted octanol–water partition coefficient (Wildman–Crippen LogP) is 2.84. The summed E-state index contributed by atoms with van der Waals surface area (Å²) in [5.74, 6) is 1.31. The fraction of sp³-hybridized carbons (Fsp3) is 0.500. The van der Waals surface area contributed by atoms with Gasteiger partial charge in [0, 0.05) is 30.8 Å². The van der Waals surface area contributed by atoms with Gasteiger partial charge in [-0.3, -0.25) is 0 Å². The molecule has 2 amide bonds. The fourth-order valence-electron chi connectivity index (χ4n) is 2.83. The number of benzene rings is 1. The maximum atomic E-state index is 12.5. The van der Waals surface area contributed by atoms with Gasteiger partial charge in [0.15, 0.2) is 5.82 Å². The van der Waals surface area contributed by atoms with Crippen molar-refractivity contribution in [1.82, 2.24) is 15.0 Å². The first-order chi connectivity index (χ1) is 12.0. The summed E-state index contributed by atoms with van der Waals surface area (Å²) in [7, 11) is 0.